The number of hydrogen-bond donors (Lipinski definition) is 2. The largest absolute Gasteiger partial charge is 0.502 e. The molecule has 3 heterocycles. The molecule has 24 heavy (non-hydrogen) atoms. The molecule has 1 saturated heterocycles. The third-order valence-electron chi connectivity index (χ3n) is 3.99. The summed E-state index contributed by atoms with van der Waals surface area (Å²) in [7, 11) is 0. The maximum absolute atomic E-state index is 11.8. The van der Waals surface area contributed by atoms with E-state index in [-0.39, 0.29) is 24.5 Å². The number of aromatic nitrogens is 1. The van der Waals surface area contributed by atoms with E-state index in [0.29, 0.717) is 16.5 Å². The number of carbonyl (C=O) groups excluding carboxylic acids is 2. The van der Waals surface area contributed by atoms with Crippen LogP contribution in [-0.2, 0) is 9.59 Å². The van der Waals surface area contributed by atoms with Gasteiger partial charge in [-0.15, -0.1) is 0 Å². The number of rotatable bonds is 2. The van der Waals surface area contributed by atoms with Crippen molar-refractivity contribution < 1.29 is 24.2 Å². The van der Waals surface area contributed by atoms with Crippen LogP contribution in [0, 0.1) is 0 Å². The molecule has 1 aromatic carbocycles. The number of pyridine rings is 1. The van der Waals surface area contributed by atoms with Crippen molar-refractivity contribution in [3.8, 4) is 22.8 Å². The summed E-state index contributed by atoms with van der Waals surface area (Å²) in [6, 6.07) is 8.85. The maximum atomic E-state index is 11.8. The van der Waals surface area contributed by atoms with Crippen LogP contribution >= 0.6 is 0 Å². The lowest BCUT2D eigenvalue weighted by Crippen LogP contribution is -2.28. The van der Waals surface area contributed by atoms with E-state index in [4.69, 9.17) is 4.42 Å². The second-order valence-corrected chi connectivity index (χ2v) is 5.43. The number of hydrogen-bond acceptors (Lipinski definition) is 6. The number of aromatic hydroxyl groups is 2. The SMILES string of the molecule is O=C1CCC(=O)N1c1oc(-c2ccnc3ccccc23)c(O)c1O. The topological polar surface area (TPSA) is 104 Å². The van der Waals surface area contributed by atoms with E-state index >= 15 is 0 Å². The Balaban J connectivity index is 1.92. The second kappa shape index (κ2) is 5.09. The number of amides is 2. The first-order valence-corrected chi connectivity index (χ1v) is 7.32. The predicted molar refractivity (Wildman–Crippen MR) is 84.5 cm³/mol. The summed E-state index contributed by atoms with van der Waals surface area (Å²) >= 11 is 0. The molecule has 7 nitrogen and oxygen atoms in total. The average Bonchev–Trinajstić information content (AvgIpc) is 3.07. The molecule has 0 bridgehead atoms. The molecule has 1 fully saturated rings. The van der Waals surface area contributed by atoms with Gasteiger partial charge in [-0.05, 0) is 12.1 Å². The summed E-state index contributed by atoms with van der Waals surface area (Å²) in [5.41, 5.74) is 1.18. The van der Waals surface area contributed by atoms with Gasteiger partial charge >= 0.3 is 0 Å². The first-order valence-electron chi connectivity index (χ1n) is 7.32. The number of furan rings is 1. The van der Waals surface area contributed by atoms with Gasteiger partial charge in [0.05, 0.1) is 5.52 Å². The fourth-order valence-corrected chi connectivity index (χ4v) is 2.83. The molecule has 120 valence electrons. The number of anilines is 1. The molecule has 0 atom stereocenters. The lowest BCUT2D eigenvalue weighted by atomic mass is 10.1. The molecule has 4 rings (SSSR count). The molecule has 2 aromatic heterocycles. The smallest absolute Gasteiger partial charge is 0.256 e. The Morgan fingerprint density at radius 2 is 1.71 bits per heavy atom. The highest BCUT2D eigenvalue weighted by atomic mass is 16.4. The van der Waals surface area contributed by atoms with Crippen molar-refractivity contribution in [1.29, 1.82) is 0 Å². The highest BCUT2D eigenvalue weighted by molar-refractivity contribution is 6.20. The fraction of sp³-hybridized carbons (Fsp3) is 0.118. The van der Waals surface area contributed by atoms with Gasteiger partial charge in [-0.2, -0.15) is 0 Å². The van der Waals surface area contributed by atoms with Gasteiger partial charge in [0.2, 0.25) is 23.3 Å². The molecule has 7 heteroatoms. The Labute approximate surface area is 135 Å². The van der Waals surface area contributed by atoms with E-state index in [9.17, 15) is 19.8 Å². The van der Waals surface area contributed by atoms with Crippen molar-refractivity contribution in [2.75, 3.05) is 4.90 Å². The zero-order valence-electron chi connectivity index (χ0n) is 12.4. The van der Waals surface area contributed by atoms with E-state index in [1.807, 2.05) is 12.1 Å². The minimum atomic E-state index is -0.630. The summed E-state index contributed by atoms with van der Waals surface area (Å²) in [5, 5.41) is 21.1. The summed E-state index contributed by atoms with van der Waals surface area (Å²) in [4.78, 5) is 28.7. The van der Waals surface area contributed by atoms with E-state index in [2.05, 4.69) is 4.98 Å². The van der Waals surface area contributed by atoms with Crippen LogP contribution in [0.5, 0.6) is 11.5 Å². The summed E-state index contributed by atoms with van der Waals surface area (Å²) in [6.07, 6.45) is 1.64. The Hall–Kier alpha value is -3.35. The van der Waals surface area contributed by atoms with Gasteiger partial charge in [-0.1, -0.05) is 18.2 Å². The normalized spacial score (nSPS) is 14.8. The Morgan fingerprint density at radius 3 is 2.46 bits per heavy atom. The van der Waals surface area contributed by atoms with Crippen molar-refractivity contribution >= 4 is 28.6 Å². The van der Waals surface area contributed by atoms with Crippen LogP contribution < -0.4 is 4.90 Å². The molecule has 0 aliphatic carbocycles. The number of imide groups is 1. The molecule has 1 aliphatic heterocycles. The summed E-state index contributed by atoms with van der Waals surface area (Å²) in [6.45, 7) is 0. The van der Waals surface area contributed by atoms with Crippen LogP contribution in [0.25, 0.3) is 22.2 Å². The number of carbonyl (C=O) groups is 2. The number of benzene rings is 1. The molecule has 2 amide bonds. The van der Waals surface area contributed by atoms with Crippen molar-refractivity contribution in [1.82, 2.24) is 4.98 Å². The average molecular weight is 324 g/mol. The number of fused-ring (bicyclic) bond motifs is 1. The molecular weight excluding hydrogens is 312 g/mol. The third-order valence-corrected chi connectivity index (χ3v) is 3.99. The van der Waals surface area contributed by atoms with Gasteiger partial charge in [0, 0.05) is 30.0 Å². The van der Waals surface area contributed by atoms with E-state index in [1.54, 1.807) is 24.4 Å². The van der Waals surface area contributed by atoms with Crippen LogP contribution in [0.4, 0.5) is 5.88 Å². The maximum Gasteiger partial charge on any atom is 0.256 e. The Kier molecular flexibility index (Phi) is 3.02. The van der Waals surface area contributed by atoms with Gasteiger partial charge in [-0.25, -0.2) is 4.90 Å². The lowest BCUT2D eigenvalue weighted by molar-refractivity contribution is -0.121. The van der Waals surface area contributed by atoms with Crippen LogP contribution in [0.1, 0.15) is 12.8 Å². The Bertz CT molecular complexity index is 971. The van der Waals surface area contributed by atoms with Crippen molar-refractivity contribution in [2.24, 2.45) is 0 Å². The van der Waals surface area contributed by atoms with Crippen LogP contribution in [0.15, 0.2) is 40.9 Å². The van der Waals surface area contributed by atoms with Crippen molar-refractivity contribution in [2.45, 2.75) is 12.8 Å². The molecule has 0 saturated carbocycles. The Morgan fingerprint density at radius 1 is 1.00 bits per heavy atom. The van der Waals surface area contributed by atoms with Gasteiger partial charge in [0.25, 0.3) is 5.88 Å². The van der Waals surface area contributed by atoms with Crippen molar-refractivity contribution in [3.63, 3.8) is 0 Å². The zero-order chi connectivity index (χ0) is 16.8. The van der Waals surface area contributed by atoms with E-state index < -0.39 is 23.3 Å². The molecule has 0 spiro atoms. The van der Waals surface area contributed by atoms with Gasteiger partial charge in [0.1, 0.15) is 0 Å². The first kappa shape index (κ1) is 14.3. The van der Waals surface area contributed by atoms with Crippen LogP contribution in [0.3, 0.4) is 0 Å². The minimum absolute atomic E-state index is 0.0198. The summed E-state index contributed by atoms with van der Waals surface area (Å²) in [5.74, 6) is -2.47. The monoisotopic (exact) mass is 324 g/mol. The third kappa shape index (κ3) is 1.95. The number of nitrogens with zero attached hydrogens (tertiary/aromatic N) is 2. The highest BCUT2D eigenvalue weighted by Crippen LogP contribution is 2.48. The molecule has 3 aromatic rings. The van der Waals surface area contributed by atoms with Gasteiger partial charge in [0.15, 0.2) is 5.76 Å². The second-order valence-electron chi connectivity index (χ2n) is 5.43. The van der Waals surface area contributed by atoms with Crippen LogP contribution in [-0.4, -0.2) is 27.0 Å². The van der Waals surface area contributed by atoms with E-state index in [0.717, 1.165) is 4.90 Å². The lowest BCUT2D eigenvalue weighted by Gasteiger charge is -2.09. The first-order chi connectivity index (χ1) is 11.6. The molecular formula is C17H12N2O5. The summed E-state index contributed by atoms with van der Waals surface area (Å²) < 4.78 is 5.52. The highest BCUT2D eigenvalue weighted by Gasteiger charge is 2.37. The predicted octanol–water partition coefficient (Wildman–Crippen LogP) is 2.56. The van der Waals surface area contributed by atoms with Gasteiger partial charge in [-0.3, -0.25) is 14.6 Å². The molecule has 2 N–H and O–H groups in total. The zero-order valence-corrected chi connectivity index (χ0v) is 12.4. The van der Waals surface area contributed by atoms with Crippen LogP contribution in [0.2, 0.25) is 0 Å². The standard InChI is InChI=1S/C17H12N2O5/c20-12-5-6-13(21)19(12)17-15(23)14(22)16(24-17)10-7-8-18-11-4-2-1-3-9(10)11/h1-4,7-8,22-23H,5-6H2. The minimum Gasteiger partial charge on any atom is -0.502 e. The fourth-order valence-electron chi connectivity index (χ4n) is 2.83. The van der Waals surface area contributed by atoms with Gasteiger partial charge < -0.3 is 14.6 Å². The quantitative estimate of drug-likeness (QED) is 0.702. The molecule has 0 unspecified atom stereocenters. The number of para-hydroxylation sites is 1. The molecule has 0 radical (unpaired) electrons. The van der Waals surface area contributed by atoms with Crippen molar-refractivity contribution in [3.05, 3.63) is 36.5 Å². The molecule has 1 aliphatic rings. The van der Waals surface area contributed by atoms with E-state index in [1.165, 1.54) is 0 Å².